The minimum Gasteiger partial charge on any atom is -0.466 e. The predicted octanol–water partition coefficient (Wildman–Crippen LogP) is 13.3. The van der Waals surface area contributed by atoms with Gasteiger partial charge in [-0.05, 0) is 84.8 Å². The minimum atomic E-state index is -0.0562. The number of hydrogen-bond acceptors (Lipinski definition) is 6. The van der Waals surface area contributed by atoms with E-state index in [2.05, 4.69) is 45.1 Å². The van der Waals surface area contributed by atoms with Gasteiger partial charge in [-0.15, -0.1) is 0 Å². The molecule has 0 saturated heterocycles. The maximum atomic E-state index is 13.1. The van der Waals surface area contributed by atoms with Crippen LogP contribution in [0.15, 0.2) is 0 Å². The number of carbonyl (C=O) groups excluding carboxylic acids is 3. The van der Waals surface area contributed by atoms with Gasteiger partial charge in [-0.2, -0.15) is 0 Å². The molecule has 0 aliphatic carbocycles. The lowest BCUT2D eigenvalue weighted by molar-refractivity contribution is -0.150. The summed E-state index contributed by atoms with van der Waals surface area (Å²) < 4.78 is 11.5. The molecule has 0 aromatic heterocycles. The molecule has 0 aliphatic heterocycles. The topological polar surface area (TPSA) is 88.2 Å². The van der Waals surface area contributed by atoms with Crippen LogP contribution >= 0.6 is 0 Å². The summed E-state index contributed by atoms with van der Waals surface area (Å²) in [6.45, 7) is 10.5. The Morgan fingerprint density at radius 2 is 0.875 bits per heavy atom. The van der Waals surface area contributed by atoms with Crippen molar-refractivity contribution in [2.75, 3.05) is 46.9 Å². The number of nitrogens with zero attached hydrogens (tertiary/aromatic N) is 2. The van der Waals surface area contributed by atoms with Gasteiger partial charge in [-0.3, -0.25) is 9.59 Å². The summed E-state index contributed by atoms with van der Waals surface area (Å²) in [7, 11) is 4.12. The van der Waals surface area contributed by atoms with Crippen molar-refractivity contribution in [2.45, 2.75) is 245 Å². The van der Waals surface area contributed by atoms with E-state index in [-0.39, 0.29) is 24.1 Å². The Hall–Kier alpha value is -1.83. The van der Waals surface area contributed by atoms with Crippen molar-refractivity contribution < 1.29 is 23.9 Å². The van der Waals surface area contributed by atoms with Crippen LogP contribution in [0.2, 0.25) is 0 Å². The molecule has 0 aromatic rings. The quantitative estimate of drug-likeness (QED) is 0.0488. The fourth-order valence-electron chi connectivity index (χ4n) is 7.35. The van der Waals surface area contributed by atoms with Crippen molar-refractivity contribution in [3.63, 3.8) is 0 Å². The third kappa shape index (κ3) is 39.0. The van der Waals surface area contributed by atoms with E-state index in [9.17, 15) is 14.4 Å². The zero-order valence-corrected chi connectivity index (χ0v) is 38.1. The van der Waals surface area contributed by atoms with Crippen LogP contribution in [0, 0.1) is 0 Å². The van der Waals surface area contributed by atoms with Crippen molar-refractivity contribution in [3.8, 4) is 0 Å². The van der Waals surface area contributed by atoms with Crippen LogP contribution in [-0.2, 0) is 19.1 Å². The molecule has 0 bridgehead atoms. The SMILES string of the molecule is CCCCCCCCCOC(=O)CCCCCCCN(CCCCCCCC(=O)OC(CCCCCCCC)CCCCCCCC)C(=O)NCCCN(C)C. The Bertz CT molecular complexity index is 854. The van der Waals surface area contributed by atoms with Gasteiger partial charge in [0, 0.05) is 32.5 Å². The monoisotopic (exact) mass is 794 g/mol. The number of ether oxygens (including phenoxy) is 2. The van der Waals surface area contributed by atoms with Crippen LogP contribution in [0.3, 0.4) is 0 Å². The Kier molecular flexibility index (Phi) is 41.4. The zero-order valence-electron chi connectivity index (χ0n) is 38.1. The molecule has 8 nitrogen and oxygen atoms in total. The summed E-state index contributed by atoms with van der Waals surface area (Å²) in [6, 6.07) is 0.0479. The van der Waals surface area contributed by atoms with E-state index in [1.807, 2.05) is 4.90 Å². The Labute approximate surface area is 348 Å². The number of urea groups is 1. The van der Waals surface area contributed by atoms with E-state index in [1.54, 1.807) is 0 Å². The van der Waals surface area contributed by atoms with Crippen molar-refractivity contribution in [1.29, 1.82) is 0 Å². The lowest BCUT2D eigenvalue weighted by atomic mass is 10.0. The predicted molar refractivity (Wildman–Crippen MR) is 238 cm³/mol. The molecule has 332 valence electrons. The molecular formula is C48H95N3O5. The highest BCUT2D eigenvalue weighted by molar-refractivity contribution is 5.74. The molecule has 0 atom stereocenters. The molecule has 0 rings (SSSR count). The van der Waals surface area contributed by atoms with Gasteiger partial charge in [0.25, 0.3) is 0 Å². The molecule has 56 heavy (non-hydrogen) atoms. The van der Waals surface area contributed by atoms with Crippen LogP contribution in [0.5, 0.6) is 0 Å². The van der Waals surface area contributed by atoms with Gasteiger partial charge in [0.15, 0.2) is 0 Å². The first-order valence-corrected chi connectivity index (χ1v) is 24.4. The molecule has 8 heteroatoms. The molecule has 0 saturated carbocycles. The van der Waals surface area contributed by atoms with Crippen LogP contribution in [0.4, 0.5) is 4.79 Å². The highest BCUT2D eigenvalue weighted by atomic mass is 16.5. The molecule has 0 aliphatic rings. The van der Waals surface area contributed by atoms with Crippen molar-refractivity contribution in [3.05, 3.63) is 0 Å². The van der Waals surface area contributed by atoms with Gasteiger partial charge in [0.05, 0.1) is 6.61 Å². The largest absolute Gasteiger partial charge is 0.466 e. The normalized spacial score (nSPS) is 11.4. The summed E-state index contributed by atoms with van der Waals surface area (Å²) in [6.07, 6.45) is 38.0. The first kappa shape index (κ1) is 54.2. The number of esters is 2. The van der Waals surface area contributed by atoms with Crippen LogP contribution in [0.25, 0.3) is 0 Å². The van der Waals surface area contributed by atoms with E-state index in [0.29, 0.717) is 26.0 Å². The number of amides is 2. The summed E-state index contributed by atoms with van der Waals surface area (Å²) in [5.41, 5.74) is 0. The standard InChI is InChI=1S/C48H95N3O5/c1-6-9-12-15-18-27-34-44-55-46(52)38-30-23-19-25-32-42-51(48(54)49-40-35-41-50(4)5)43-33-26-20-24-31-39-47(53)56-45(36-28-21-16-13-10-7-2)37-29-22-17-14-11-8-3/h45H,6-44H2,1-5H3,(H,49,54). The van der Waals surface area contributed by atoms with Gasteiger partial charge >= 0.3 is 18.0 Å². The number of nitrogens with one attached hydrogen (secondary N) is 1. The summed E-state index contributed by atoms with van der Waals surface area (Å²) in [4.78, 5) is 42.1. The first-order chi connectivity index (χ1) is 27.3. The molecule has 2 amide bonds. The van der Waals surface area contributed by atoms with E-state index >= 15 is 0 Å². The molecule has 0 fully saturated rings. The fraction of sp³-hybridized carbons (Fsp3) is 0.938. The third-order valence-electron chi connectivity index (χ3n) is 11.0. The maximum absolute atomic E-state index is 13.1. The highest BCUT2D eigenvalue weighted by Crippen LogP contribution is 2.19. The Morgan fingerprint density at radius 1 is 0.464 bits per heavy atom. The smallest absolute Gasteiger partial charge is 0.317 e. The second-order valence-electron chi connectivity index (χ2n) is 17.0. The molecule has 0 heterocycles. The number of unbranched alkanes of at least 4 members (excludes halogenated alkanes) is 24. The van der Waals surface area contributed by atoms with E-state index in [1.165, 1.54) is 109 Å². The lowest BCUT2D eigenvalue weighted by Gasteiger charge is -2.23. The Morgan fingerprint density at radius 3 is 1.36 bits per heavy atom. The zero-order chi connectivity index (χ0) is 41.2. The highest BCUT2D eigenvalue weighted by Gasteiger charge is 2.15. The molecule has 0 spiro atoms. The van der Waals surface area contributed by atoms with Crippen molar-refractivity contribution in [1.82, 2.24) is 15.1 Å². The van der Waals surface area contributed by atoms with Crippen molar-refractivity contribution in [2.24, 2.45) is 0 Å². The first-order valence-electron chi connectivity index (χ1n) is 24.4. The minimum absolute atomic E-state index is 0.0113. The number of hydrogen-bond donors (Lipinski definition) is 1. The number of rotatable bonds is 43. The lowest BCUT2D eigenvalue weighted by Crippen LogP contribution is -2.41. The van der Waals surface area contributed by atoms with E-state index < -0.39 is 0 Å². The van der Waals surface area contributed by atoms with Crippen LogP contribution < -0.4 is 5.32 Å². The molecule has 0 radical (unpaired) electrons. The molecule has 1 N–H and O–H groups in total. The second kappa shape index (κ2) is 42.8. The van der Waals surface area contributed by atoms with Crippen molar-refractivity contribution >= 4 is 18.0 Å². The maximum Gasteiger partial charge on any atom is 0.317 e. The number of carbonyl (C=O) groups is 3. The van der Waals surface area contributed by atoms with Gasteiger partial charge < -0.3 is 24.6 Å². The molecular weight excluding hydrogens is 699 g/mol. The second-order valence-corrected chi connectivity index (χ2v) is 17.0. The third-order valence-corrected chi connectivity index (χ3v) is 11.0. The summed E-state index contributed by atoms with van der Waals surface area (Å²) in [5.74, 6) is -0.0675. The van der Waals surface area contributed by atoms with Gasteiger partial charge in [-0.1, -0.05) is 162 Å². The van der Waals surface area contributed by atoms with E-state index in [4.69, 9.17) is 9.47 Å². The Balaban J connectivity index is 4.39. The molecule has 0 unspecified atom stereocenters. The fourth-order valence-corrected chi connectivity index (χ4v) is 7.35. The molecule has 0 aromatic carbocycles. The van der Waals surface area contributed by atoms with E-state index in [0.717, 1.165) is 116 Å². The van der Waals surface area contributed by atoms with Gasteiger partial charge in [-0.25, -0.2) is 4.79 Å². The average Bonchev–Trinajstić information content (AvgIpc) is 3.18. The van der Waals surface area contributed by atoms with Crippen LogP contribution in [0.1, 0.15) is 239 Å². The van der Waals surface area contributed by atoms with Gasteiger partial charge in [0.2, 0.25) is 0 Å². The summed E-state index contributed by atoms with van der Waals surface area (Å²) in [5, 5.41) is 3.14. The average molecular weight is 794 g/mol. The summed E-state index contributed by atoms with van der Waals surface area (Å²) >= 11 is 0. The van der Waals surface area contributed by atoms with Gasteiger partial charge in [0.1, 0.15) is 6.10 Å². The van der Waals surface area contributed by atoms with Crippen LogP contribution in [-0.4, -0.2) is 80.8 Å².